The minimum atomic E-state index is -0.857. The Labute approximate surface area is 227 Å². The van der Waals surface area contributed by atoms with Crippen LogP contribution in [-0.4, -0.2) is 22.7 Å². The van der Waals surface area contributed by atoms with Crippen LogP contribution in [-0.2, 0) is 11.0 Å². The molecule has 4 nitrogen and oxygen atoms in total. The van der Waals surface area contributed by atoms with Gasteiger partial charge in [-0.3, -0.25) is 14.7 Å². The summed E-state index contributed by atoms with van der Waals surface area (Å²) in [6.07, 6.45) is 0. The molecular formula is C29H29Cl3N2O2. The van der Waals surface area contributed by atoms with Crippen LogP contribution in [0.1, 0.15) is 62.9 Å². The molecule has 7 heteroatoms. The lowest BCUT2D eigenvalue weighted by atomic mass is 9.82. The summed E-state index contributed by atoms with van der Waals surface area (Å²) in [6, 6.07) is 20.4. The number of ether oxygens (including phenoxy) is 1. The summed E-state index contributed by atoms with van der Waals surface area (Å²) >= 11 is 18.7. The molecule has 3 aromatic rings. The fourth-order valence-electron chi connectivity index (χ4n) is 4.66. The molecule has 0 saturated carbocycles. The largest absolute Gasteiger partial charge is 0.493 e. The average Bonchev–Trinajstić information content (AvgIpc) is 3.14. The van der Waals surface area contributed by atoms with Gasteiger partial charge in [-0.25, -0.2) is 0 Å². The first-order valence-electron chi connectivity index (χ1n) is 11.8. The van der Waals surface area contributed by atoms with E-state index >= 15 is 0 Å². The molecule has 1 unspecified atom stereocenters. The van der Waals surface area contributed by atoms with E-state index in [0.717, 1.165) is 16.7 Å². The van der Waals surface area contributed by atoms with Gasteiger partial charge in [0.25, 0.3) is 0 Å². The molecule has 0 N–H and O–H groups in total. The first kappa shape index (κ1) is 26.5. The molecule has 188 valence electrons. The number of amides is 1. The minimum Gasteiger partial charge on any atom is -0.493 e. The summed E-state index contributed by atoms with van der Waals surface area (Å²) in [7, 11) is 0. The maximum Gasteiger partial charge on any atom is 0.322 e. The van der Waals surface area contributed by atoms with Gasteiger partial charge in [-0.05, 0) is 84.0 Å². The van der Waals surface area contributed by atoms with Gasteiger partial charge in [0, 0.05) is 10.0 Å². The summed E-state index contributed by atoms with van der Waals surface area (Å²) in [6.45, 7) is 10.8. The first-order chi connectivity index (χ1) is 17.0. The molecule has 1 aliphatic rings. The predicted octanol–water partition coefficient (Wildman–Crippen LogP) is 8.77. The number of nitrogens with zero attached hydrogens (tertiary/aromatic N) is 2. The van der Waals surface area contributed by atoms with Gasteiger partial charge < -0.3 is 4.74 Å². The Bertz CT molecular complexity index is 1300. The highest BCUT2D eigenvalue weighted by Gasteiger charge is 2.50. The van der Waals surface area contributed by atoms with Crippen LogP contribution in [0.5, 0.6) is 5.75 Å². The van der Waals surface area contributed by atoms with Crippen molar-refractivity contribution in [3.05, 3.63) is 99.0 Å². The van der Waals surface area contributed by atoms with Gasteiger partial charge in [-0.15, -0.1) is 0 Å². The third-order valence-corrected chi connectivity index (χ3v) is 7.24. The van der Waals surface area contributed by atoms with Crippen LogP contribution in [0.15, 0.2) is 71.7 Å². The first-order valence-corrected chi connectivity index (χ1v) is 13.0. The number of rotatable bonds is 5. The number of aliphatic imine (C=N–C) groups is 1. The minimum absolute atomic E-state index is 0.0759. The van der Waals surface area contributed by atoms with Gasteiger partial charge in [0.15, 0.2) is 0 Å². The summed E-state index contributed by atoms with van der Waals surface area (Å²) in [5, 5.41) is 0.592. The fourth-order valence-corrected chi connectivity index (χ4v) is 5.09. The smallest absolute Gasteiger partial charge is 0.322 e. The van der Waals surface area contributed by atoms with Crippen LogP contribution in [0, 0.1) is 0 Å². The van der Waals surface area contributed by atoms with E-state index < -0.39 is 16.9 Å². The lowest BCUT2D eigenvalue weighted by Gasteiger charge is -2.34. The molecule has 2 atom stereocenters. The van der Waals surface area contributed by atoms with Crippen LogP contribution in [0.25, 0.3) is 0 Å². The number of halogens is 3. The van der Waals surface area contributed by atoms with E-state index in [1.807, 2.05) is 68.4 Å². The van der Waals surface area contributed by atoms with E-state index in [1.54, 1.807) is 17.0 Å². The molecule has 0 radical (unpaired) electrons. The molecule has 1 heterocycles. The normalized spacial score (nSPS) is 19.8. The second-order valence-corrected chi connectivity index (χ2v) is 11.3. The average molecular weight is 544 g/mol. The van der Waals surface area contributed by atoms with Gasteiger partial charge in [0.05, 0.1) is 18.2 Å². The van der Waals surface area contributed by atoms with E-state index in [1.165, 1.54) is 0 Å². The van der Waals surface area contributed by atoms with E-state index in [9.17, 15) is 4.79 Å². The molecule has 1 amide bonds. The Morgan fingerprint density at radius 3 is 2.11 bits per heavy atom. The molecule has 3 aromatic carbocycles. The van der Waals surface area contributed by atoms with E-state index in [-0.39, 0.29) is 5.41 Å². The zero-order chi connectivity index (χ0) is 26.3. The van der Waals surface area contributed by atoms with Crippen molar-refractivity contribution in [3.8, 4) is 5.75 Å². The van der Waals surface area contributed by atoms with Crippen molar-refractivity contribution in [2.75, 3.05) is 6.61 Å². The van der Waals surface area contributed by atoms with Crippen molar-refractivity contribution >= 4 is 46.0 Å². The van der Waals surface area contributed by atoms with E-state index in [2.05, 4.69) is 20.8 Å². The number of hydrogen-bond acceptors (Lipinski definition) is 3. The van der Waals surface area contributed by atoms with Gasteiger partial charge in [0.1, 0.15) is 17.1 Å². The molecule has 0 saturated heterocycles. The second kappa shape index (κ2) is 10.1. The van der Waals surface area contributed by atoms with Crippen molar-refractivity contribution in [1.29, 1.82) is 0 Å². The summed E-state index contributed by atoms with van der Waals surface area (Å²) in [5.41, 5.74) is 2.64. The predicted molar refractivity (Wildman–Crippen MR) is 149 cm³/mol. The number of carbonyl (C=O) groups is 1. The maximum absolute atomic E-state index is 13.1. The standard InChI is InChI=1S/C29H29Cl3N2O2/c1-6-36-24-17-20(28(2,3)4)11-16-23(24)26-33-29(5,19-9-14-22(31)15-10-19)25(34(26)27(32)35)18-7-12-21(30)13-8-18/h7-17,25H,6H2,1-5H3/t25?,29-/m0/s1. The Hall–Kier alpha value is -2.53. The van der Waals surface area contributed by atoms with Gasteiger partial charge in [-0.1, -0.05) is 74.3 Å². The van der Waals surface area contributed by atoms with Crippen LogP contribution >= 0.6 is 34.8 Å². The molecule has 0 bridgehead atoms. The van der Waals surface area contributed by atoms with Crippen molar-refractivity contribution in [2.45, 2.75) is 51.6 Å². The highest BCUT2D eigenvalue weighted by Crippen LogP contribution is 2.50. The number of amidine groups is 1. The lowest BCUT2D eigenvalue weighted by molar-refractivity contribution is 0.218. The Morgan fingerprint density at radius 1 is 1.00 bits per heavy atom. The van der Waals surface area contributed by atoms with Crippen molar-refractivity contribution in [2.24, 2.45) is 4.99 Å². The summed E-state index contributed by atoms with van der Waals surface area (Å²) in [4.78, 5) is 19.8. The molecule has 4 rings (SSSR count). The van der Waals surface area contributed by atoms with E-state index in [4.69, 9.17) is 44.5 Å². The Morgan fingerprint density at radius 2 is 1.58 bits per heavy atom. The second-order valence-electron chi connectivity index (χ2n) is 10.1. The van der Waals surface area contributed by atoms with Gasteiger partial charge in [-0.2, -0.15) is 0 Å². The lowest BCUT2D eigenvalue weighted by Crippen LogP contribution is -2.39. The van der Waals surface area contributed by atoms with Crippen molar-refractivity contribution in [3.63, 3.8) is 0 Å². The van der Waals surface area contributed by atoms with Crippen LogP contribution in [0.3, 0.4) is 0 Å². The summed E-state index contributed by atoms with van der Waals surface area (Å²) < 4.78 is 6.06. The Balaban J connectivity index is 1.97. The van der Waals surface area contributed by atoms with Gasteiger partial charge >= 0.3 is 5.37 Å². The van der Waals surface area contributed by atoms with Crippen LogP contribution in [0.2, 0.25) is 10.0 Å². The molecular weight excluding hydrogens is 515 g/mol. The summed E-state index contributed by atoms with van der Waals surface area (Å²) in [5.74, 6) is 1.11. The zero-order valence-corrected chi connectivity index (χ0v) is 23.2. The number of carbonyl (C=O) groups excluding carboxylic acids is 1. The Kier molecular flexibility index (Phi) is 7.43. The molecule has 36 heavy (non-hydrogen) atoms. The van der Waals surface area contributed by atoms with Gasteiger partial charge in [0.2, 0.25) is 0 Å². The molecule has 0 aliphatic carbocycles. The van der Waals surface area contributed by atoms with Crippen LogP contribution in [0.4, 0.5) is 4.79 Å². The highest BCUT2D eigenvalue weighted by atomic mass is 35.5. The quantitative estimate of drug-likeness (QED) is 0.238. The molecule has 0 spiro atoms. The highest BCUT2D eigenvalue weighted by molar-refractivity contribution is 6.64. The van der Waals surface area contributed by atoms with E-state index in [0.29, 0.717) is 33.8 Å². The molecule has 0 aromatic heterocycles. The molecule has 0 fully saturated rings. The molecule has 1 aliphatic heterocycles. The third kappa shape index (κ3) is 5.00. The fraction of sp³-hybridized carbons (Fsp3) is 0.310. The third-order valence-electron chi connectivity index (χ3n) is 6.55. The number of benzene rings is 3. The number of hydrogen-bond donors (Lipinski definition) is 0. The van der Waals surface area contributed by atoms with Crippen LogP contribution < -0.4 is 4.74 Å². The van der Waals surface area contributed by atoms with Crippen molar-refractivity contribution in [1.82, 2.24) is 4.90 Å². The topological polar surface area (TPSA) is 41.9 Å². The monoisotopic (exact) mass is 542 g/mol. The maximum atomic E-state index is 13.1. The zero-order valence-electron chi connectivity index (χ0n) is 21.0. The van der Waals surface area contributed by atoms with Crippen molar-refractivity contribution < 1.29 is 9.53 Å². The SMILES string of the molecule is CCOc1cc(C(C)(C)C)ccc1C1=N[C@@](C)(c2ccc(Cl)cc2)C(c2ccc(Cl)cc2)N1C(=O)Cl.